The van der Waals surface area contributed by atoms with Crippen LogP contribution in [0, 0.1) is 6.92 Å². The number of para-hydroxylation sites is 2. The zero-order chi connectivity index (χ0) is 22.7. The van der Waals surface area contributed by atoms with Crippen LogP contribution in [0.15, 0.2) is 48.0 Å². The van der Waals surface area contributed by atoms with E-state index in [1.807, 2.05) is 0 Å². The van der Waals surface area contributed by atoms with Crippen LogP contribution < -0.4 is 19.7 Å². The van der Waals surface area contributed by atoms with E-state index in [0.717, 1.165) is 4.90 Å². The number of carboxylic acids is 1. The first-order valence-corrected chi connectivity index (χ1v) is 9.28. The predicted octanol–water partition coefficient (Wildman–Crippen LogP) is 2.52. The summed E-state index contributed by atoms with van der Waals surface area (Å²) in [5.74, 6) is -2.62. The number of nitrogens with one attached hydrogen (secondary N) is 1. The van der Waals surface area contributed by atoms with Crippen LogP contribution in [0.1, 0.15) is 18.1 Å². The third-order valence-electron chi connectivity index (χ3n) is 4.63. The number of nitrogens with zero attached hydrogens (tertiary/aromatic N) is 1. The number of hydrogen-bond acceptors (Lipinski definition) is 6. The topological polar surface area (TPSA) is 122 Å². The molecule has 1 aliphatic rings. The number of amides is 4. The van der Waals surface area contributed by atoms with Crippen LogP contribution in [0.5, 0.6) is 11.5 Å². The van der Waals surface area contributed by atoms with E-state index in [1.54, 1.807) is 43.3 Å². The van der Waals surface area contributed by atoms with Gasteiger partial charge < -0.3 is 14.6 Å². The molecule has 9 heteroatoms. The average Bonchev–Trinajstić information content (AvgIpc) is 2.73. The molecule has 3 rings (SSSR count). The number of barbiturate groups is 1. The molecule has 0 aliphatic carbocycles. The van der Waals surface area contributed by atoms with Gasteiger partial charge >= 0.3 is 12.0 Å². The maximum atomic E-state index is 13.1. The summed E-state index contributed by atoms with van der Waals surface area (Å²) in [5.41, 5.74) is 0.930. The number of aryl methyl sites for hydroxylation is 1. The molecule has 2 N–H and O–H groups in total. The van der Waals surface area contributed by atoms with Gasteiger partial charge in [-0.15, -0.1) is 0 Å². The molecule has 0 aromatic heterocycles. The number of carboxylic acid groups (broad SMARTS) is 1. The summed E-state index contributed by atoms with van der Waals surface area (Å²) in [6, 6.07) is 10.6. The molecule has 4 amide bonds. The Balaban J connectivity index is 2.09. The van der Waals surface area contributed by atoms with E-state index in [0.29, 0.717) is 11.3 Å². The first-order valence-electron chi connectivity index (χ1n) is 9.28. The van der Waals surface area contributed by atoms with Crippen molar-refractivity contribution in [2.75, 3.05) is 12.0 Å². The molecule has 0 bridgehead atoms. The largest absolute Gasteiger partial charge is 0.493 e. The minimum Gasteiger partial charge on any atom is -0.493 e. The van der Waals surface area contributed by atoms with E-state index in [2.05, 4.69) is 5.32 Å². The number of carbonyl (C=O) groups is 4. The van der Waals surface area contributed by atoms with E-state index >= 15 is 0 Å². The van der Waals surface area contributed by atoms with Gasteiger partial charge in [-0.05, 0) is 37.6 Å². The summed E-state index contributed by atoms with van der Waals surface area (Å²) >= 11 is 0. The lowest BCUT2D eigenvalue weighted by Crippen LogP contribution is -2.54. The monoisotopic (exact) mass is 424 g/mol. The Hall–Kier alpha value is -4.14. The third-order valence-corrected chi connectivity index (χ3v) is 4.63. The van der Waals surface area contributed by atoms with Gasteiger partial charge in [0.05, 0.1) is 12.8 Å². The van der Waals surface area contributed by atoms with Gasteiger partial charge in [0, 0.05) is 5.56 Å². The predicted molar refractivity (Wildman–Crippen MR) is 111 cm³/mol. The van der Waals surface area contributed by atoms with Gasteiger partial charge in [-0.25, -0.2) is 14.5 Å². The fourth-order valence-corrected chi connectivity index (χ4v) is 3.01. The molecule has 1 saturated heterocycles. The third kappa shape index (κ3) is 4.25. The molecule has 0 unspecified atom stereocenters. The molecule has 1 aliphatic heterocycles. The Morgan fingerprint density at radius 3 is 2.48 bits per heavy atom. The highest BCUT2D eigenvalue weighted by Gasteiger charge is 2.37. The number of methoxy groups -OCH3 is 1. The molecule has 2 aromatic carbocycles. The van der Waals surface area contributed by atoms with Gasteiger partial charge in [-0.3, -0.25) is 14.9 Å². The molecule has 1 fully saturated rings. The van der Waals surface area contributed by atoms with Gasteiger partial charge in [-0.2, -0.15) is 0 Å². The number of carbonyl (C=O) groups excluding carboxylic acids is 3. The highest BCUT2D eigenvalue weighted by Crippen LogP contribution is 2.34. The van der Waals surface area contributed by atoms with Gasteiger partial charge in [0.25, 0.3) is 11.8 Å². The Kier molecular flexibility index (Phi) is 6.05. The summed E-state index contributed by atoms with van der Waals surface area (Å²) in [4.78, 5) is 50.1. The molecule has 0 radical (unpaired) electrons. The maximum Gasteiger partial charge on any atom is 0.344 e. The normalized spacial score (nSPS) is 16.2. The summed E-state index contributed by atoms with van der Waals surface area (Å²) in [6.07, 6.45) is 0.0244. The molecular formula is C22H20N2O7. The molecule has 160 valence electrons. The van der Waals surface area contributed by atoms with Crippen molar-refractivity contribution in [3.63, 3.8) is 0 Å². The van der Waals surface area contributed by atoms with E-state index in [9.17, 15) is 24.3 Å². The molecule has 1 atom stereocenters. The van der Waals surface area contributed by atoms with Gasteiger partial charge in [0.2, 0.25) is 0 Å². The average molecular weight is 424 g/mol. The lowest BCUT2D eigenvalue weighted by Gasteiger charge is -2.27. The van der Waals surface area contributed by atoms with Crippen LogP contribution in [-0.4, -0.2) is 42.1 Å². The number of aliphatic carboxylic acids is 1. The van der Waals surface area contributed by atoms with Gasteiger partial charge in [0.15, 0.2) is 17.6 Å². The highest BCUT2D eigenvalue weighted by molar-refractivity contribution is 6.39. The number of rotatable bonds is 6. The molecule has 1 heterocycles. The van der Waals surface area contributed by atoms with Crippen molar-refractivity contribution < 1.29 is 33.8 Å². The summed E-state index contributed by atoms with van der Waals surface area (Å²) in [7, 11) is 1.38. The zero-order valence-electron chi connectivity index (χ0n) is 17.0. The van der Waals surface area contributed by atoms with Gasteiger partial charge in [0.1, 0.15) is 5.57 Å². The number of ether oxygens (including phenoxy) is 2. The van der Waals surface area contributed by atoms with E-state index < -0.39 is 29.9 Å². The number of urea groups is 1. The number of hydrogen-bond donors (Lipinski definition) is 2. The number of anilines is 1. The van der Waals surface area contributed by atoms with Crippen LogP contribution in [-0.2, 0) is 14.4 Å². The van der Waals surface area contributed by atoms with Crippen LogP contribution >= 0.6 is 0 Å². The SMILES string of the molecule is COc1cccc(/C=C2\C(=O)NC(=O)N(c3ccccc3C)C2=O)c1O[C@@H](C)C(=O)O. The lowest BCUT2D eigenvalue weighted by molar-refractivity contribution is -0.144. The highest BCUT2D eigenvalue weighted by atomic mass is 16.5. The second-order valence-electron chi connectivity index (χ2n) is 6.72. The molecule has 0 spiro atoms. The van der Waals surface area contributed by atoms with Crippen LogP contribution in [0.25, 0.3) is 6.08 Å². The quantitative estimate of drug-likeness (QED) is 0.540. The molecule has 0 saturated carbocycles. The number of benzene rings is 2. The fraction of sp³-hybridized carbons (Fsp3) is 0.182. The van der Waals surface area contributed by atoms with E-state index in [4.69, 9.17) is 9.47 Å². The minimum atomic E-state index is -1.21. The Morgan fingerprint density at radius 1 is 1.13 bits per heavy atom. The summed E-state index contributed by atoms with van der Waals surface area (Å²) in [6.45, 7) is 3.07. The standard InChI is InChI=1S/C22H20N2O7/c1-12-7-4-5-9-16(12)24-20(26)15(19(25)23-22(24)29)11-14-8-6-10-17(30-3)18(14)31-13(2)21(27)28/h4-11,13H,1-3H3,(H,27,28)(H,23,25,29)/b15-11+/t13-/m0/s1. The van der Waals surface area contributed by atoms with Crippen molar-refractivity contribution in [2.24, 2.45) is 0 Å². The fourth-order valence-electron chi connectivity index (χ4n) is 3.01. The first kappa shape index (κ1) is 21.6. The lowest BCUT2D eigenvalue weighted by atomic mass is 10.0. The second kappa shape index (κ2) is 8.70. The summed E-state index contributed by atoms with van der Waals surface area (Å²) in [5, 5.41) is 11.3. The minimum absolute atomic E-state index is 0.0485. The first-order chi connectivity index (χ1) is 14.7. The van der Waals surface area contributed by atoms with Crippen LogP contribution in [0.4, 0.5) is 10.5 Å². The smallest absolute Gasteiger partial charge is 0.344 e. The van der Waals surface area contributed by atoms with Crippen LogP contribution in [0.2, 0.25) is 0 Å². The Bertz CT molecular complexity index is 1110. The van der Waals surface area contributed by atoms with Crippen molar-refractivity contribution >= 4 is 35.6 Å². The van der Waals surface area contributed by atoms with Crippen molar-refractivity contribution in [2.45, 2.75) is 20.0 Å². The van der Waals surface area contributed by atoms with Crippen LogP contribution in [0.3, 0.4) is 0 Å². The van der Waals surface area contributed by atoms with Crippen molar-refractivity contribution in [3.8, 4) is 11.5 Å². The molecule has 9 nitrogen and oxygen atoms in total. The maximum absolute atomic E-state index is 13.1. The number of imide groups is 2. The van der Waals surface area contributed by atoms with Crippen molar-refractivity contribution in [1.82, 2.24) is 5.32 Å². The van der Waals surface area contributed by atoms with E-state index in [1.165, 1.54) is 26.2 Å². The Morgan fingerprint density at radius 2 is 1.84 bits per heavy atom. The zero-order valence-corrected chi connectivity index (χ0v) is 17.0. The Labute approximate surface area is 177 Å². The van der Waals surface area contributed by atoms with Crippen molar-refractivity contribution in [3.05, 3.63) is 59.2 Å². The van der Waals surface area contributed by atoms with Crippen molar-refractivity contribution in [1.29, 1.82) is 0 Å². The van der Waals surface area contributed by atoms with E-state index in [-0.39, 0.29) is 22.6 Å². The molecule has 2 aromatic rings. The molecular weight excluding hydrogens is 404 g/mol. The molecule has 31 heavy (non-hydrogen) atoms. The summed E-state index contributed by atoms with van der Waals surface area (Å²) < 4.78 is 10.7. The second-order valence-corrected chi connectivity index (χ2v) is 6.72. The van der Waals surface area contributed by atoms with Gasteiger partial charge in [-0.1, -0.05) is 30.3 Å².